The van der Waals surface area contributed by atoms with E-state index in [-0.39, 0.29) is 5.97 Å². The molecule has 3 heteroatoms. The molecule has 0 aromatic heterocycles. The van der Waals surface area contributed by atoms with Crippen molar-refractivity contribution in [3.8, 4) is 0 Å². The van der Waals surface area contributed by atoms with E-state index in [0.29, 0.717) is 6.61 Å². The standard InChI is InChI=1S/C18H21NO2/c1-4-21-18(20)17(16-11-6-5-9-14(16)3)19-15-10-7-8-13(2)12-15/h5-12,17,19H,4H2,1-3H3. The topological polar surface area (TPSA) is 38.3 Å². The predicted molar refractivity (Wildman–Crippen MR) is 85.4 cm³/mol. The van der Waals surface area contributed by atoms with Crippen LogP contribution in [0.15, 0.2) is 48.5 Å². The lowest BCUT2D eigenvalue weighted by atomic mass is 10.0. The predicted octanol–water partition coefficient (Wildman–Crippen LogP) is 4.02. The van der Waals surface area contributed by atoms with Gasteiger partial charge in [0.05, 0.1) is 6.61 Å². The molecule has 1 atom stereocenters. The van der Waals surface area contributed by atoms with Crippen molar-refractivity contribution >= 4 is 11.7 Å². The molecule has 1 unspecified atom stereocenters. The van der Waals surface area contributed by atoms with Crippen LogP contribution < -0.4 is 5.32 Å². The molecule has 0 saturated heterocycles. The molecule has 0 saturated carbocycles. The van der Waals surface area contributed by atoms with E-state index in [1.54, 1.807) is 0 Å². The second kappa shape index (κ2) is 6.93. The van der Waals surface area contributed by atoms with Gasteiger partial charge >= 0.3 is 5.97 Å². The first-order chi connectivity index (χ1) is 10.1. The Labute approximate surface area is 126 Å². The van der Waals surface area contributed by atoms with E-state index in [1.165, 1.54) is 0 Å². The van der Waals surface area contributed by atoms with Gasteiger partial charge in [-0.15, -0.1) is 0 Å². The summed E-state index contributed by atoms with van der Waals surface area (Å²) in [7, 11) is 0. The van der Waals surface area contributed by atoms with Gasteiger partial charge in [-0.3, -0.25) is 0 Å². The van der Waals surface area contributed by atoms with Gasteiger partial charge in [-0.2, -0.15) is 0 Å². The van der Waals surface area contributed by atoms with Gasteiger partial charge in [0, 0.05) is 5.69 Å². The van der Waals surface area contributed by atoms with Crippen molar-refractivity contribution in [1.29, 1.82) is 0 Å². The van der Waals surface area contributed by atoms with Gasteiger partial charge < -0.3 is 10.1 Å². The van der Waals surface area contributed by atoms with Crippen LogP contribution in [0.5, 0.6) is 0 Å². The van der Waals surface area contributed by atoms with Crippen LogP contribution in [0, 0.1) is 13.8 Å². The lowest BCUT2D eigenvalue weighted by molar-refractivity contribution is -0.144. The number of anilines is 1. The maximum Gasteiger partial charge on any atom is 0.333 e. The number of ether oxygens (including phenoxy) is 1. The normalized spacial score (nSPS) is 11.8. The summed E-state index contributed by atoms with van der Waals surface area (Å²) in [6.45, 7) is 6.22. The molecule has 21 heavy (non-hydrogen) atoms. The Morgan fingerprint density at radius 1 is 1.14 bits per heavy atom. The number of aryl methyl sites for hydroxylation is 2. The minimum atomic E-state index is -0.493. The van der Waals surface area contributed by atoms with E-state index < -0.39 is 6.04 Å². The fourth-order valence-corrected chi connectivity index (χ4v) is 2.30. The van der Waals surface area contributed by atoms with Crippen LogP contribution >= 0.6 is 0 Å². The maximum atomic E-state index is 12.3. The Morgan fingerprint density at radius 3 is 2.57 bits per heavy atom. The van der Waals surface area contributed by atoms with Crippen LogP contribution in [0.25, 0.3) is 0 Å². The van der Waals surface area contributed by atoms with Gasteiger partial charge in [0.2, 0.25) is 0 Å². The van der Waals surface area contributed by atoms with E-state index in [0.717, 1.165) is 22.4 Å². The Bertz CT molecular complexity index is 622. The summed E-state index contributed by atoms with van der Waals surface area (Å²) in [4.78, 5) is 12.3. The van der Waals surface area contributed by atoms with E-state index in [4.69, 9.17) is 4.74 Å². The molecule has 2 aromatic carbocycles. The summed E-state index contributed by atoms with van der Waals surface area (Å²) in [5, 5.41) is 3.29. The van der Waals surface area contributed by atoms with Crippen molar-refractivity contribution in [2.24, 2.45) is 0 Å². The maximum absolute atomic E-state index is 12.3. The third kappa shape index (κ3) is 3.85. The number of hydrogen-bond donors (Lipinski definition) is 1. The molecule has 0 fully saturated rings. The van der Waals surface area contributed by atoms with Crippen LogP contribution in [-0.4, -0.2) is 12.6 Å². The summed E-state index contributed by atoms with van der Waals surface area (Å²) < 4.78 is 5.21. The third-order valence-corrected chi connectivity index (χ3v) is 3.35. The Hall–Kier alpha value is -2.29. The van der Waals surface area contributed by atoms with Gasteiger partial charge in [0.25, 0.3) is 0 Å². The monoisotopic (exact) mass is 283 g/mol. The van der Waals surface area contributed by atoms with Crippen molar-refractivity contribution in [3.63, 3.8) is 0 Å². The molecular formula is C18H21NO2. The van der Waals surface area contributed by atoms with Crippen LogP contribution in [0.2, 0.25) is 0 Å². The fraction of sp³-hybridized carbons (Fsp3) is 0.278. The highest BCUT2D eigenvalue weighted by atomic mass is 16.5. The first kappa shape index (κ1) is 15.1. The first-order valence-electron chi connectivity index (χ1n) is 7.17. The van der Waals surface area contributed by atoms with Gasteiger partial charge in [0.15, 0.2) is 6.04 Å². The third-order valence-electron chi connectivity index (χ3n) is 3.35. The molecule has 0 aliphatic carbocycles. The number of hydrogen-bond acceptors (Lipinski definition) is 3. The lowest BCUT2D eigenvalue weighted by Gasteiger charge is -2.20. The molecule has 0 aliphatic rings. The van der Waals surface area contributed by atoms with E-state index in [1.807, 2.05) is 69.3 Å². The molecular weight excluding hydrogens is 262 g/mol. The average molecular weight is 283 g/mol. The van der Waals surface area contributed by atoms with E-state index in [9.17, 15) is 4.79 Å². The zero-order valence-corrected chi connectivity index (χ0v) is 12.7. The van der Waals surface area contributed by atoms with Gasteiger partial charge in [0.1, 0.15) is 0 Å². The van der Waals surface area contributed by atoms with Crippen molar-refractivity contribution in [2.75, 3.05) is 11.9 Å². The molecule has 0 bridgehead atoms. The average Bonchev–Trinajstić information content (AvgIpc) is 2.46. The number of rotatable bonds is 5. The zero-order chi connectivity index (χ0) is 15.2. The molecule has 1 N–H and O–H groups in total. The molecule has 2 rings (SSSR count). The highest BCUT2D eigenvalue weighted by Crippen LogP contribution is 2.24. The summed E-state index contributed by atoms with van der Waals surface area (Å²) in [6.07, 6.45) is 0. The molecule has 3 nitrogen and oxygen atoms in total. The highest BCUT2D eigenvalue weighted by Gasteiger charge is 2.23. The van der Waals surface area contributed by atoms with Crippen LogP contribution in [0.1, 0.15) is 29.7 Å². The molecule has 0 heterocycles. The molecule has 2 aromatic rings. The Morgan fingerprint density at radius 2 is 1.90 bits per heavy atom. The Kier molecular flexibility index (Phi) is 4.99. The van der Waals surface area contributed by atoms with E-state index in [2.05, 4.69) is 5.32 Å². The molecule has 0 radical (unpaired) electrons. The van der Waals surface area contributed by atoms with E-state index >= 15 is 0 Å². The van der Waals surface area contributed by atoms with Crippen LogP contribution in [0.3, 0.4) is 0 Å². The number of esters is 1. The van der Waals surface area contributed by atoms with Crippen molar-refractivity contribution in [2.45, 2.75) is 26.8 Å². The van der Waals surface area contributed by atoms with Gasteiger partial charge in [-0.25, -0.2) is 4.79 Å². The number of benzene rings is 2. The highest BCUT2D eigenvalue weighted by molar-refractivity contribution is 5.81. The number of carbonyl (C=O) groups is 1. The lowest BCUT2D eigenvalue weighted by Crippen LogP contribution is -2.24. The van der Waals surface area contributed by atoms with Crippen molar-refractivity contribution < 1.29 is 9.53 Å². The number of nitrogens with one attached hydrogen (secondary N) is 1. The minimum Gasteiger partial charge on any atom is -0.464 e. The SMILES string of the molecule is CCOC(=O)C(Nc1cccc(C)c1)c1ccccc1C. The molecule has 0 amide bonds. The summed E-state index contributed by atoms with van der Waals surface area (Å²) >= 11 is 0. The van der Waals surface area contributed by atoms with Crippen LogP contribution in [-0.2, 0) is 9.53 Å². The smallest absolute Gasteiger partial charge is 0.333 e. The summed E-state index contributed by atoms with van der Waals surface area (Å²) in [5.74, 6) is -0.256. The van der Waals surface area contributed by atoms with Crippen molar-refractivity contribution in [1.82, 2.24) is 0 Å². The molecule has 110 valence electrons. The summed E-state index contributed by atoms with van der Waals surface area (Å²) in [5.41, 5.74) is 4.07. The second-order valence-corrected chi connectivity index (χ2v) is 5.06. The van der Waals surface area contributed by atoms with Gasteiger partial charge in [-0.1, -0.05) is 36.4 Å². The summed E-state index contributed by atoms with van der Waals surface area (Å²) in [6, 6.07) is 15.3. The fourth-order valence-electron chi connectivity index (χ4n) is 2.30. The largest absolute Gasteiger partial charge is 0.464 e. The second-order valence-electron chi connectivity index (χ2n) is 5.06. The zero-order valence-electron chi connectivity index (χ0n) is 12.7. The number of carbonyl (C=O) groups excluding carboxylic acids is 1. The van der Waals surface area contributed by atoms with Crippen LogP contribution in [0.4, 0.5) is 5.69 Å². The Balaban J connectivity index is 2.33. The van der Waals surface area contributed by atoms with Gasteiger partial charge in [-0.05, 0) is 49.6 Å². The quantitative estimate of drug-likeness (QED) is 0.842. The van der Waals surface area contributed by atoms with Crippen molar-refractivity contribution in [3.05, 3.63) is 65.2 Å². The molecule has 0 aliphatic heterocycles. The molecule has 0 spiro atoms. The first-order valence-corrected chi connectivity index (χ1v) is 7.17. The minimum absolute atomic E-state index is 0.256.